The fourth-order valence-electron chi connectivity index (χ4n) is 4.17. The molecule has 2 heteroatoms. The van der Waals surface area contributed by atoms with Crippen LogP contribution in [0.3, 0.4) is 0 Å². The van der Waals surface area contributed by atoms with Crippen molar-refractivity contribution in [3.05, 3.63) is 101 Å². The average Bonchev–Trinajstić information content (AvgIpc) is 3.20. The highest BCUT2D eigenvalue weighted by molar-refractivity contribution is 6.31. The van der Waals surface area contributed by atoms with E-state index < -0.39 is 6.04 Å². The van der Waals surface area contributed by atoms with Crippen LogP contribution < -0.4 is 0 Å². The van der Waals surface area contributed by atoms with Crippen LogP contribution in [0, 0.1) is 0 Å². The Morgan fingerprint density at radius 3 is 2.50 bits per heavy atom. The first-order valence-corrected chi connectivity index (χ1v) is 10.6. The predicted octanol–water partition coefficient (Wildman–Crippen LogP) is 8.45. The number of aromatic nitrogens is 1. The molecule has 0 aliphatic carbocycles. The van der Waals surface area contributed by atoms with Gasteiger partial charge in [-0.25, -0.2) is 0 Å². The van der Waals surface area contributed by atoms with Gasteiger partial charge in [-0.15, -0.1) is 0 Å². The molecule has 0 N–H and O–H groups in total. The van der Waals surface area contributed by atoms with Crippen molar-refractivity contribution in [2.75, 3.05) is 0 Å². The number of benzene rings is 4. The van der Waals surface area contributed by atoms with Crippen molar-refractivity contribution in [3.8, 4) is 16.8 Å². The maximum atomic E-state index is 8.44. The largest absolute Gasteiger partial charge is 0.309 e. The number of fused-ring (bicyclic) bond motifs is 3. The topological polar surface area (TPSA) is 4.93 Å². The third kappa shape index (κ3) is 3.30. The summed E-state index contributed by atoms with van der Waals surface area (Å²) >= 11 is 6.59. The Labute approximate surface area is 189 Å². The first kappa shape index (κ1) is 14.1. The first-order valence-electron chi connectivity index (χ1n) is 12.7. The molecule has 0 saturated carbocycles. The van der Waals surface area contributed by atoms with E-state index in [-0.39, 0.29) is 29.7 Å². The van der Waals surface area contributed by atoms with Gasteiger partial charge in [0.2, 0.25) is 0 Å². The van der Waals surface area contributed by atoms with Crippen LogP contribution in [0.25, 0.3) is 38.6 Å². The first-order chi connectivity index (χ1) is 16.8. The number of hydrogen-bond donors (Lipinski definition) is 0. The number of hydrogen-bond acceptors (Lipinski definition) is 0. The quantitative estimate of drug-likeness (QED) is 0.272. The smallest absolute Gasteiger partial charge is 0.0629 e. The van der Waals surface area contributed by atoms with Crippen LogP contribution in [0.1, 0.15) is 32.2 Å². The highest BCUT2D eigenvalue weighted by atomic mass is 35.5. The lowest BCUT2D eigenvalue weighted by Gasteiger charge is -2.13. The summed E-state index contributed by atoms with van der Waals surface area (Å²) in [4.78, 5) is 0. The second kappa shape index (κ2) is 8.01. The molecule has 0 amide bonds. The van der Waals surface area contributed by atoms with Crippen molar-refractivity contribution in [2.45, 2.75) is 26.2 Å². The molecule has 0 fully saturated rings. The summed E-state index contributed by atoms with van der Waals surface area (Å²) < 4.78 is 43.2. The Bertz CT molecular complexity index is 1580. The number of rotatable bonds is 5. The number of unbranched alkanes of at least 4 members (excludes halogenated alkanes) is 1. The molecular formula is C28H24ClN. The van der Waals surface area contributed by atoms with Gasteiger partial charge >= 0.3 is 0 Å². The van der Waals surface area contributed by atoms with E-state index in [4.69, 9.17) is 18.5 Å². The van der Waals surface area contributed by atoms with E-state index >= 15 is 0 Å². The van der Waals surface area contributed by atoms with Crippen molar-refractivity contribution in [1.29, 1.82) is 0 Å². The second-order valence-corrected chi connectivity index (χ2v) is 7.90. The number of nitrogens with zero attached hydrogens (tertiary/aromatic N) is 1. The summed E-state index contributed by atoms with van der Waals surface area (Å²) in [6.45, 7) is 2.18. The lowest BCUT2D eigenvalue weighted by Crippen LogP contribution is -1.98. The van der Waals surface area contributed by atoms with Gasteiger partial charge in [0.1, 0.15) is 0 Å². The molecule has 4 aromatic carbocycles. The van der Waals surface area contributed by atoms with E-state index in [1.54, 1.807) is 6.07 Å². The fraction of sp³-hybridized carbons (Fsp3) is 0.143. The number of aryl methyl sites for hydroxylation is 1. The maximum absolute atomic E-state index is 8.44. The molecule has 0 aliphatic rings. The summed E-state index contributed by atoms with van der Waals surface area (Å²) in [5, 5.41) is 2.71. The van der Waals surface area contributed by atoms with Gasteiger partial charge in [-0.2, -0.15) is 0 Å². The molecule has 0 unspecified atom stereocenters. The van der Waals surface area contributed by atoms with Crippen molar-refractivity contribution in [1.82, 2.24) is 4.57 Å². The molecule has 148 valence electrons. The minimum atomic E-state index is -0.408. The molecule has 1 aromatic heterocycles. The van der Waals surface area contributed by atoms with Crippen LogP contribution >= 0.6 is 11.6 Å². The molecule has 0 atom stereocenters. The van der Waals surface area contributed by atoms with E-state index in [9.17, 15) is 0 Å². The molecule has 0 spiro atoms. The van der Waals surface area contributed by atoms with E-state index in [0.29, 0.717) is 10.6 Å². The van der Waals surface area contributed by atoms with Crippen LogP contribution in [0.15, 0.2) is 90.9 Å². The third-order valence-electron chi connectivity index (χ3n) is 5.51. The second-order valence-electron chi connectivity index (χ2n) is 7.47. The lowest BCUT2D eigenvalue weighted by atomic mass is 10.0. The van der Waals surface area contributed by atoms with Crippen molar-refractivity contribution >= 4 is 33.4 Å². The molecule has 0 bridgehead atoms. The average molecular weight is 415 g/mol. The molecule has 5 aromatic rings. The SMILES string of the molecule is [2H]c1c([2H])c([2H])c(-c2cc(Cl)cc(-n3c4ccccc4c4cccc(CCCC)c43)c2)c([2H])c1[2H]. The van der Waals surface area contributed by atoms with Gasteiger partial charge in [0, 0.05) is 21.5 Å². The summed E-state index contributed by atoms with van der Waals surface area (Å²) in [5.41, 5.74) is 4.80. The maximum Gasteiger partial charge on any atom is 0.0629 e. The standard InChI is InChI=1S/C28H24ClN/c1-2-3-10-21-13-9-15-26-25-14-7-8-16-27(25)30(28(21)26)24-18-22(17-23(29)19-24)20-11-5-4-6-12-20/h4-9,11-19H,2-3,10H2,1H3/i4D,5D,6D,11D,12D. The summed E-state index contributed by atoms with van der Waals surface area (Å²) in [5.74, 6) is 0. The monoisotopic (exact) mass is 414 g/mol. The molecule has 1 nitrogen and oxygen atoms in total. The Balaban J connectivity index is 1.85. The van der Waals surface area contributed by atoms with Gasteiger partial charge in [-0.1, -0.05) is 91.6 Å². The Kier molecular flexibility index (Phi) is 3.75. The van der Waals surface area contributed by atoms with Crippen molar-refractivity contribution in [2.24, 2.45) is 0 Å². The van der Waals surface area contributed by atoms with Crippen molar-refractivity contribution < 1.29 is 6.85 Å². The highest BCUT2D eigenvalue weighted by Crippen LogP contribution is 2.36. The van der Waals surface area contributed by atoms with E-state index in [0.717, 1.165) is 46.8 Å². The Hall–Kier alpha value is -3.03. The molecule has 5 rings (SSSR count). The van der Waals surface area contributed by atoms with Gasteiger partial charge in [0.05, 0.1) is 17.9 Å². The normalized spacial score (nSPS) is 13.7. The van der Waals surface area contributed by atoms with Gasteiger partial charge in [-0.3, -0.25) is 0 Å². The zero-order valence-corrected chi connectivity index (χ0v) is 17.5. The van der Waals surface area contributed by atoms with Crippen LogP contribution in [0.2, 0.25) is 5.02 Å². The van der Waals surface area contributed by atoms with Gasteiger partial charge in [-0.05, 0) is 53.8 Å². The Morgan fingerprint density at radius 2 is 1.67 bits per heavy atom. The summed E-state index contributed by atoms with van der Waals surface area (Å²) in [6, 6.07) is 18.4. The van der Waals surface area contributed by atoms with Crippen LogP contribution in [0.4, 0.5) is 0 Å². The van der Waals surface area contributed by atoms with Crippen LogP contribution in [-0.2, 0) is 6.42 Å². The summed E-state index contributed by atoms with van der Waals surface area (Å²) in [7, 11) is 0. The number of para-hydroxylation sites is 2. The third-order valence-corrected chi connectivity index (χ3v) is 5.73. The summed E-state index contributed by atoms with van der Waals surface area (Å²) in [6.07, 6.45) is 3.11. The highest BCUT2D eigenvalue weighted by Gasteiger charge is 2.16. The zero-order chi connectivity index (χ0) is 24.9. The van der Waals surface area contributed by atoms with Gasteiger partial charge in [0.25, 0.3) is 0 Å². The van der Waals surface area contributed by atoms with Gasteiger partial charge < -0.3 is 4.57 Å². The van der Waals surface area contributed by atoms with E-state index in [1.807, 2.05) is 24.3 Å². The van der Waals surface area contributed by atoms with Crippen molar-refractivity contribution in [3.63, 3.8) is 0 Å². The molecule has 0 saturated heterocycles. The lowest BCUT2D eigenvalue weighted by molar-refractivity contribution is 0.797. The molecule has 30 heavy (non-hydrogen) atoms. The molecular weight excluding hydrogens is 386 g/mol. The van der Waals surface area contributed by atoms with Crippen LogP contribution in [0.5, 0.6) is 0 Å². The van der Waals surface area contributed by atoms with E-state index in [2.05, 4.69) is 41.8 Å². The minimum Gasteiger partial charge on any atom is -0.309 e. The molecule has 1 heterocycles. The molecule has 0 aliphatic heterocycles. The number of halogens is 1. The predicted molar refractivity (Wildman–Crippen MR) is 130 cm³/mol. The fourth-order valence-corrected chi connectivity index (χ4v) is 4.40. The minimum absolute atomic E-state index is 0.145. The van der Waals surface area contributed by atoms with E-state index in [1.165, 1.54) is 5.56 Å². The zero-order valence-electron chi connectivity index (χ0n) is 21.7. The Morgan fingerprint density at radius 1 is 0.867 bits per heavy atom. The van der Waals surface area contributed by atoms with Crippen LogP contribution in [-0.4, -0.2) is 4.57 Å². The van der Waals surface area contributed by atoms with Gasteiger partial charge in [0.15, 0.2) is 0 Å². The molecule has 0 radical (unpaired) electrons.